The van der Waals surface area contributed by atoms with Gasteiger partial charge in [-0.1, -0.05) is 12.1 Å². The van der Waals surface area contributed by atoms with Gasteiger partial charge in [0, 0.05) is 17.9 Å². The molecule has 0 N–H and O–H groups in total. The Kier molecular flexibility index (Phi) is 3.22. The number of aryl methyl sites for hydroxylation is 1. The largest absolute Gasteiger partial charge is 0.497 e. The van der Waals surface area contributed by atoms with E-state index in [1.54, 1.807) is 7.11 Å². The molecule has 4 heteroatoms. The van der Waals surface area contributed by atoms with Crippen LogP contribution in [0.5, 0.6) is 5.75 Å². The lowest BCUT2D eigenvalue weighted by Gasteiger charge is -2.41. The van der Waals surface area contributed by atoms with Crippen LogP contribution in [0.1, 0.15) is 24.0 Å². The maximum absolute atomic E-state index is 13.6. The zero-order chi connectivity index (χ0) is 16.1. The lowest BCUT2D eigenvalue weighted by Crippen LogP contribution is -2.42. The zero-order valence-corrected chi connectivity index (χ0v) is 12.8. The van der Waals surface area contributed by atoms with Crippen LogP contribution in [-0.4, -0.2) is 18.7 Å². The maximum Gasteiger partial charge on any atom is 0.195 e. The Labute approximate surface area is 133 Å². The maximum atomic E-state index is 13.6. The van der Waals surface area contributed by atoms with Crippen molar-refractivity contribution in [2.45, 2.75) is 19.3 Å². The number of ketones is 2. The van der Waals surface area contributed by atoms with Crippen molar-refractivity contribution in [2.24, 2.45) is 17.8 Å². The molecule has 0 radical (unpaired) electrons. The number of allylic oxidation sites excluding steroid dienone is 4. The number of halogens is 1. The van der Waals surface area contributed by atoms with E-state index in [4.69, 9.17) is 4.74 Å². The third-order valence-corrected chi connectivity index (χ3v) is 5.38. The second-order valence-electron chi connectivity index (χ2n) is 6.45. The summed E-state index contributed by atoms with van der Waals surface area (Å²) in [5.74, 6) is -1.72. The first-order valence-corrected chi connectivity index (χ1v) is 7.92. The van der Waals surface area contributed by atoms with Crippen molar-refractivity contribution < 1.29 is 18.7 Å². The summed E-state index contributed by atoms with van der Waals surface area (Å²) < 4.78 is 18.9. The van der Waals surface area contributed by atoms with Gasteiger partial charge in [-0.25, -0.2) is 4.39 Å². The van der Waals surface area contributed by atoms with Crippen LogP contribution in [0.3, 0.4) is 0 Å². The summed E-state index contributed by atoms with van der Waals surface area (Å²) in [6, 6.07) is 5.98. The molecule has 118 valence electrons. The van der Waals surface area contributed by atoms with E-state index in [1.165, 1.54) is 5.56 Å². The quantitative estimate of drug-likeness (QED) is 0.799. The van der Waals surface area contributed by atoms with Gasteiger partial charge in [-0.05, 0) is 54.0 Å². The topological polar surface area (TPSA) is 43.4 Å². The van der Waals surface area contributed by atoms with Gasteiger partial charge in [-0.15, -0.1) is 0 Å². The van der Waals surface area contributed by atoms with Gasteiger partial charge in [-0.3, -0.25) is 9.59 Å². The molecule has 1 aromatic rings. The van der Waals surface area contributed by atoms with Gasteiger partial charge in [0.2, 0.25) is 0 Å². The standard InChI is InChI=1S/C19H17FO3/c1-23-11-3-5-12-10(8-11)2-4-14-13(12)6-7-15-18(14)17(21)9-16(20)19(15)22/h3,5-6,8-9,14-15,18H,2,4,7H2,1H3/t14?,15-,18+/m0/s1. The highest BCUT2D eigenvalue weighted by Crippen LogP contribution is 2.49. The van der Waals surface area contributed by atoms with Gasteiger partial charge >= 0.3 is 0 Å². The van der Waals surface area contributed by atoms with Crippen LogP contribution < -0.4 is 4.74 Å². The normalized spacial score (nSPS) is 29.0. The SMILES string of the molecule is COc1ccc2c(c1)CCC1C2=CC[C@@H]2C(=O)C(F)=CC(=O)[C@H]12. The Morgan fingerprint density at radius 1 is 1.22 bits per heavy atom. The van der Waals surface area contributed by atoms with Gasteiger partial charge in [0.25, 0.3) is 0 Å². The number of carbonyl (C=O) groups excluding carboxylic acids is 2. The van der Waals surface area contributed by atoms with Gasteiger partial charge < -0.3 is 4.74 Å². The first-order chi connectivity index (χ1) is 11.1. The minimum Gasteiger partial charge on any atom is -0.497 e. The predicted octanol–water partition coefficient (Wildman–Crippen LogP) is 3.28. The van der Waals surface area contributed by atoms with Crippen LogP contribution in [-0.2, 0) is 16.0 Å². The van der Waals surface area contributed by atoms with E-state index in [0.29, 0.717) is 6.42 Å². The minimum atomic E-state index is -0.881. The lowest BCUT2D eigenvalue weighted by molar-refractivity contribution is -0.132. The summed E-state index contributed by atoms with van der Waals surface area (Å²) in [5, 5.41) is 0. The number of ether oxygens (including phenoxy) is 1. The van der Waals surface area contributed by atoms with E-state index in [-0.39, 0.29) is 11.7 Å². The minimum absolute atomic E-state index is 0.00967. The smallest absolute Gasteiger partial charge is 0.195 e. The van der Waals surface area contributed by atoms with Gasteiger partial charge in [0.05, 0.1) is 7.11 Å². The molecule has 0 amide bonds. The number of rotatable bonds is 1. The van der Waals surface area contributed by atoms with Crippen molar-refractivity contribution in [1.82, 2.24) is 0 Å². The number of benzene rings is 1. The third-order valence-electron chi connectivity index (χ3n) is 5.38. The molecule has 0 aliphatic heterocycles. The number of hydrogen-bond acceptors (Lipinski definition) is 3. The molecule has 1 aromatic carbocycles. The highest BCUT2D eigenvalue weighted by Gasteiger charge is 2.47. The van der Waals surface area contributed by atoms with E-state index in [9.17, 15) is 14.0 Å². The second kappa shape index (κ2) is 5.15. The molecule has 0 fully saturated rings. The fourth-order valence-corrected chi connectivity index (χ4v) is 4.30. The Bertz CT molecular complexity index is 775. The molecule has 23 heavy (non-hydrogen) atoms. The molecular formula is C19H17FO3. The molecule has 3 aliphatic rings. The van der Waals surface area contributed by atoms with Gasteiger partial charge in [-0.2, -0.15) is 0 Å². The molecule has 3 aliphatic carbocycles. The molecule has 0 bridgehead atoms. The molecule has 3 atom stereocenters. The molecule has 1 unspecified atom stereocenters. The Balaban J connectivity index is 1.77. The molecular weight excluding hydrogens is 295 g/mol. The Hall–Kier alpha value is -2.23. The van der Waals surface area contributed by atoms with E-state index in [2.05, 4.69) is 0 Å². The molecule has 0 saturated carbocycles. The highest BCUT2D eigenvalue weighted by atomic mass is 19.1. The average molecular weight is 312 g/mol. The van der Waals surface area contributed by atoms with Crippen molar-refractivity contribution in [3.05, 3.63) is 47.3 Å². The zero-order valence-electron chi connectivity index (χ0n) is 12.8. The van der Waals surface area contributed by atoms with E-state index >= 15 is 0 Å². The van der Waals surface area contributed by atoms with E-state index in [1.807, 2.05) is 24.3 Å². The van der Waals surface area contributed by atoms with Crippen LogP contribution in [0, 0.1) is 17.8 Å². The summed E-state index contributed by atoms with van der Waals surface area (Å²) in [7, 11) is 1.64. The molecule has 3 nitrogen and oxygen atoms in total. The third kappa shape index (κ3) is 2.08. The Morgan fingerprint density at radius 3 is 2.83 bits per heavy atom. The molecule has 0 heterocycles. The highest BCUT2D eigenvalue weighted by molar-refractivity contribution is 6.10. The summed E-state index contributed by atoms with van der Waals surface area (Å²) in [6.45, 7) is 0. The first kappa shape index (κ1) is 14.4. The number of carbonyl (C=O) groups is 2. The van der Waals surface area contributed by atoms with Crippen molar-refractivity contribution in [3.63, 3.8) is 0 Å². The van der Waals surface area contributed by atoms with Crippen molar-refractivity contribution in [3.8, 4) is 5.75 Å². The molecule has 0 spiro atoms. The van der Waals surface area contributed by atoms with Gasteiger partial charge in [0.15, 0.2) is 17.4 Å². The molecule has 0 saturated heterocycles. The monoisotopic (exact) mass is 312 g/mol. The van der Waals surface area contributed by atoms with Crippen LogP contribution >= 0.6 is 0 Å². The molecule has 0 aromatic heterocycles. The summed E-state index contributed by atoms with van der Waals surface area (Å²) >= 11 is 0. The lowest BCUT2D eigenvalue weighted by atomic mass is 9.61. The van der Waals surface area contributed by atoms with Crippen LogP contribution in [0.15, 0.2) is 36.2 Å². The molecule has 4 rings (SSSR count). The fraction of sp³-hybridized carbons (Fsp3) is 0.368. The van der Waals surface area contributed by atoms with Crippen LogP contribution in [0.2, 0.25) is 0 Å². The van der Waals surface area contributed by atoms with E-state index in [0.717, 1.165) is 35.8 Å². The number of hydrogen-bond donors (Lipinski definition) is 0. The summed E-state index contributed by atoms with van der Waals surface area (Å²) in [4.78, 5) is 24.4. The predicted molar refractivity (Wildman–Crippen MR) is 83.6 cm³/mol. The number of fused-ring (bicyclic) bond motifs is 5. The van der Waals surface area contributed by atoms with Crippen LogP contribution in [0.4, 0.5) is 4.39 Å². The average Bonchev–Trinajstić information content (AvgIpc) is 2.57. The van der Waals surface area contributed by atoms with Gasteiger partial charge in [0.1, 0.15) is 5.75 Å². The Morgan fingerprint density at radius 2 is 2.04 bits per heavy atom. The number of Topliss-reactive ketones (excluding diaryl/α,β-unsaturated/α-hetero) is 1. The first-order valence-electron chi connectivity index (χ1n) is 7.92. The summed E-state index contributed by atoms with van der Waals surface area (Å²) in [6.07, 6.45) is 5.01. The fourth-order valence-electron chi connectivity index (χ4n) is 4.30. The number of methoxy groups -OCH3 is 1. The van der Waals surface area contributed by atoms with E-state index < -0.39 is 23.4 Å². The van der Waals surface area contributed by atoms with Crippen LogP contribution in [0.25, 0.3) is 5.57 Å². The van der Waals surface area contributed by atoms with Crippen molar-refractivity contribution in [1.29, 1.82) is 0 Å². The second-order valence-corrected chi connectivity index (χ2v) is 6.45. The summed E-state index contributed by atoms with van der Waals surface area (Å²) in [5.41, 5.74) is 3.48. The van der Waals surface area contributed by atoms with Crippen molar-refractivity contribution >= 4 is 17.1 Å². The van der Waals surface area contributed by atoms with Crippen molar-refractivity contribution in [2.75, 3.05) is 7.11 Å².